The molecule has 0 bridgehead atoms. The third-order valence-electron chi connectivity index (χ3n) is 5.25. The van der Waals surface area contributed by atoms with Gasteiger partial charge in [0.25, 0.3) is 5.91 Å². The van der Waals surface area contributed by atoms with Crippen molar-refractivity contribution in [2.24, 2.45) is 0 Å². The van der Waals surface area contributed by atoms with E-state index in [9.17, 15) is 4.79 Å². The molecule has 2 aliphatic rings. The zero-order valence-electron chi connectivity index (χ0n) is 16.2. The van der Waals surface area contributed by atoms with E-state index < -0.39 is 4.99 Å². The number of fused-ring (bicyclic) bond motifs is 6. The number of thiol groups is 1. The fourth-order valence-corrected chi connectivity index (χ4v) is 4.35. The van der Waals surface area contributed by atoms with Gasteiger partial charge < -0.3 is 14.6 Å². The Bertz CT molecular complexity index is 1160. The van der Waals surface area contributed by atoms with Gasteiger partial charge in [-0.25, -0.2) is 0 Å². The van der Waals surface area contributed by atoms with E-state index >= 15 is 0 Å². The van der Waals surface area contributed by atoms with Gasteiger partial charge in [-0.2, -0.15) is 0 Å². The summed E-state index contributed by atoms with van der Waals surface area (Å²) in [5, 5.41) is 10.7. The largest absolute Gasteiger partial charge is 0.449 e. The van der Waals surface area contributed by atoms with E-state index in [1.54, 1.807) is 6.92 Å². The molecule has 1 amide bonds. The Morgan fingerprint density at radius 3 is 2.79 bits per heavy atom. The minimum Gasteiger partial charge on any atom is -0.449 e. The molecule has 29 heavy (non-hydrogen) atoms. The fourth-order valence-electron chi connectivity index (χ4n) is 4.05. The molecule has 2 unspecified atom stereocenters. The quantitative estimate of drug-likeness (QED) is 0.433. The third-order valence-corrected chi connectivity index (χ3v) is 5.50. The molecular weight excluding hydrogens is 384 g/mol. The topological polar surface area (TPSA) is 67.3 Å². The number of carbonyl (C=O) groups excluding carboxylic acids is 1. The van der Waals surface area contributed by atoms with Gasteiger partial charge in [-0.05, 0) is 38.1 Å². The molecule has 2 aromatic carbocycles. The molecule has 1 aromatic heterocycles. The second-order valence-corrected chi connectivity index (χ2v) is 8.47. The van der Waals surface area contributed by atoms with Crippen molar-refractivity contribution in [3.05, 3.63) is 60.4 Å². The number of nitrogens with zero attached hydrogens (tertiary/aromatic N) is 1. The summed E-state index contributed by atoms with van der Waals surface area (Å²) < 4.78 is 8.35. The highest BCUT2D eigenvalue weighted by atomic mass is 32.1. The van der Waals surface area contributed by atoms with Crippen LogP contribution >= 0.6 is 12.6 Å². The first kappa shape index (κ1) is 18.3. The fraction of sp³-hybridized carbons (Fsp3) is 0.227. The van der Waals surface area contributed by atoms with Gasteiger partial charge in [0.15, 0.2) is 0 Å². The second-order valence-electron chi connectivity index (χ2n) is 7.57. The van der Waals surface area contributed by atoms with Gasteiger partial charge in [-0.3, -0.25) is 15.4 Å². The molecule has 0 spiro atoms. The number of rotatable bonds is 0. The van der Waals surface area contributed by atoms with E-state index in [4.69, 9.17) is 4.74 Å². The molecule has 2 aliphatic heterocycles. The van der Waals surface area contributed by atoms with E-state index in [0.29, 0.717) is 12.3 Å². The van der Waals surface area contributed by atoms with Gasteiger partial charge in [-0.15, -0.1) is 12.6 Å². The van der Waals surface area contributed by atoms with Gasteiger partial charge in [0, 0.05) is 17.5 Å². The van der Waals surface area contributed by atoms with Gasteiger partial charge in [-0.1, -0.05) is 30.3 Å². The van der Waals surface area contributed by atoms with Crippen molar-refractivity contribution >= 4 is 35.1 Å². The first-order valence-corrected chi connectivity index (χ1v) is 10.0. The Kier molecular flexibility index (Phi) is 4.20. The molecule has 0 aliphatic carbocycles. The van der Waals surface area contributed by atoms with Crippen LogP contribution in [-0.4, -0.2) is 28.2 Å². The predicted octanol–water partition coefficient (Wildman–Crippen LogP) is 3.13. The first-order chi connectivity index (χ1) is 13.9. The Morgan fingerprint density at radius 2 is 1.93 bits per heavy atom. The van der Waals surface area contributed by atoms with Gasteiger partial charge in [0.2, 0.25) is 5.76 Å². The summed E-state index contributed by atoms with van der Waals surface area (Å²) in [4.78, 5) is 12.4. The zero-order valence-corrected chi connectivity index (χ0v) is 17.1. The molecule has 3 N–H and O–H groups in total. The highest BCUT2D eigenvalue weighted by Gasteiger charge is 2.33. The standard InChI is InChI=1S/C22H22N4O2S/c1-13-23-12-18-20(21(27)25-22(2,29)24-13)28-19-10-6-4-8-15(19)17-11-14-7-3-5-9-16(14)26(17)18/h3-11,13,23-24,29H,12H2,1-2H3,(H,25,27). The lowest BCUT2D eigenvalue weighted by Crippen LogP contribution is -2.58. The number of aromatic nitrogens is 1. The van der Waals surface area contributed by atoms with Crippen LogP contribution in [0.3, 0.4) is 0 Å². The summed E-state index contributed by atoms with van der Waals surface area (Å²) in [6.07, 6.45) is -0.0828. The van der Waals surface area contributed by atoms with Crippen LogP contribution in [0.15, 0.2) is 60.4 Å². The number of hydrogen-bond acceptors (Lipinski definition) is 5. The Labute approximate surface area is 174 Å². The Morgan fingerprint density at radius 1 is 1.17 bits per heavy atom. The predicted molar refractivity (Wildman–Crippen MR) is 117 cm³/mol. The van der Waals surface area contributed by atoms with E-state index in [-0.39, 0.29) is 17.8 Å². The summed E-state index contributed by atoms with van der Waals surface area (Å²) in [6.45, 7) is 4.24. The third kappa shape index (κ3) is 3.11. The van der Waals surface area contributed by atoms with Crippen LogP contribution in [0.4, 0.5) is 0 Å². The van der Waals surface area contributed by atoms with Crippen LogP contribution in [0, 0.1) is 0 Å². The lowest BCUT2D eigenvalue weighted by atomic mass is 10.1. The van der Waals surface area contributed by atoms with Crippen molar-refractivity contribution in [1.82, 2.24) is 20.5 Å². The van der Waals surface area contributed by atoms with Crippen molar-refractivity contribution in [1.29, 1.82) is 0 Å². The number of carbonyl (C=O) groups is 1. The maximum Gasteiger partial charge on any atom is 0.291 e. The monoisotopic (exact) mass is 406 g/mol. The SMILES string of the molecule is CC1NCC2=C(Oc3ccccc3-c3cc4ccccc4n32)C(=O)NC(C)(S)N1. The summed E-state index contributed by atoms with van der Waals surface area (Å²) >= 11 is 4.57. The van der Waals surface area contributed by atoms with Gasteiger partial charge >= 0.3 is 0 Å². The highest BCUT2D eigenvalue weighted by molar-refractivity contribution is 7.81. The smallest absolute Gasteiger partial charge is 0.291 e. The molecule has 7 heteroatoms. The van der Waals surface area contributed by atoms with Crippen LogP contribution in [-0.2, 0) is 4.79 Å². The normalized spacial score (nSPS) is 24.2. The summed E-state index contributed by atoms with van der Waals surface area (Å²) in [7, 11) is 0. The molecule has 3 heterocycles. The van der Waals surface area contributed by atoms with Crippen LogP contribution in [0.1, 0.15) is 13.8 Å². The van der Waals surface area contributed by atoms with Crippen molar-refractivity contribution in [3.63, 3.8) is 0 Å². The molecule has 0 saturated carbocycles. The summed E-state index contributed by atoms with van der Waals surface area (Å²) in [5.74, 6) is 0.598. The molecule has 0 fully saturated rings. The van der Waals surface area contributed by atoms with E-state index in [0.717, 1.165) is 27.9 Å². The number of hydrogen-bond donors (Lipinski definition) is 4. The maximum absolute atomic E-state index is 13.3. The van der Waals surface area contributed by atoms with E-state index in [2.05, 4.69) is 51.3 Å². The molecule has 0 radical (unpaired) electrons. The molecule has 148 valence electrons. The van der Waals surface area contributed by atoms with E-state index in [1.807, 2.05) is 43.3 Å². The van der Waals surface area contributed by atoms with Crippen molar-refractivity contribution in [2.45, 2.75) is 25.0 Å². The number of ether oxygens (including phenoxy) is 1. The molecule has 5 rings (SSSR count). The molecule has 2 atom stereocenters. The van der Waals surface area contributed by atoms with Crippen molar-refractivity contribution in [2.75, 3.05) is 6.54 Å². The maximum atomic E-state index is 13.3. The molecular formula is C22H22N4O2S. The first-order valence-electron chi connectivity index (χ1n) is 9.60. The summed E-state index contributed by atoms with van der Waals surface area (Å²) in [5.41, 5.74) is 3.73. The van der Waals surface area contributed by atoms with Crippen LogP contribution in [0.25, 0.3) is 27.9 Å². The lowest BCUT2D eigenvalue weighted by Gasteiger charge is -2.29. The average Bonchev–Trinajstić information content (AvgIpc) is 3.00. The molecule has 0 saturated heterocycles. The number of benzene rings is 2. The van der Waals surface area contributed by atoms with Crippen molar-refractivity contribution < 1.29 is 9.53 Å². The Hall–Kier alpha value is -2.74. The van der Waals surface area contributed by atoms with E-state index in [1.165, 1.54) is 0 Å². The highest BCUT2D eigenvalue weighted by Crippen LogP contribution is 2.40. The Balaban J connectivity index is 1.82. The van der Waals surface area contributed by atoms with Crippen LogP contribution in [0.2, 0.25) is 0 Å². The van der Waals surface area contributed by atoms with Crippen LogP contribution < -0.4 is 20.7 Å². The second kappa shape index (κ2) is 6.66. The number of amides is 1. The molecule has 3 aromatic rings. The lowest BCUT2D eigenvalue weighted by molar-refractivity contribution is -0.120. The molecule has 6 nitrogen and oxygen atoms in total. The van der Waals surface area contributed by atoms with Gasteiger partial charge in [0.1, 0.15) is 10.7 Å². The number of para-hydroxylation sites is 2. The average molecular weight is 407 g/mol. The zero-order chi connectivity index (χ0) is 20.2. The van der Waals surface area contributed by atoms with Crippen LogP contribution in [0.5, 0.6) is 5.75 Å². The van der Waals surface area contributed by atoms with Gasteiger partial charge in [0.05, 0.1) is 23.1 Å². The van der Waals surface area contributed by atoms with Crippen molar-refractivity contribution in [3.8, 4) is 17.0 Å². The minimum atomic E-state index is -0.900. The summed E-state index contributed by atoms with van der Waals surface area (Å²) in [6, 6.07) is 18.1. The minimum absolute atomic E-state index is 0.0828. The number of nitrogens with one attached hydrogen (secondary N) is 3.